The van der Waals surface area contributed by atoms with Crippen molar-refractivity contribution in [3.63, 3.8) is 0 Å². The molecule has 0 aliphatic carbocycles. The van der Waals surface area contributed by atoms with Gasteiger partial charge in [-0.15, -0.1) is 0 Å². The van der Waals surface area contributed by atoms with Crippen molar-refractivity contribution in [1.29, 1.82) is 0 Å². The molecule has 0 atom stereocenters. The lowest BCUT2D eigenvalue weighted by molar-refractivity contribution is -0.917. The van der Waals surface area contributed by atoms with Crippen molar-refractivity contribution in [3.05, 3.63) is 78.4 Å². The molecule has 5 nitrogen and oxygen atoms in total. The maximum Gasteiger partial charge on any atom is 0.246 e. The predicted octanol–water partition coefficient (Wildman–Crippen LogP) is 2.20. The average molecular weight is 394 g/mol. The van der Waals surface area contributed by atoms with Crippen LogP contribution in [0.4, 0.5) is 0 Å². The molecule has 1 fully saturated rings. The summed E-state index contributed by atoms with van der Waals surface area (Å²) >= 11 is 0. The van der Waals surface area contributed by atoms with Gasteiger partial charge in [0, 0.05) is 11.6 Å². The maximum atomic E-state index is 12.5. The minimum Gasteiger partial charge on any atom is -0.497 e. The van der Waals surface area contributed by atoms with Crippen molar-refractivity contribution < 1.29 is 19.2 Å². The largest absolute Gasteiger partial charge is 0.497 e. The van der Waals surface area contributed by atoms with E-state index in [-0.39, 0.29) is 5.91 Å². The third-order valence-corrected chi connectivity index (χ3v) is 5.06. The van der Waals surface area contributed by atoms with E-state index in [0.29, 0.717) is 6.61 Å². The molecule has 2 aromatic carbocycles. The Kier molecular flexibility index (Phi) is 7.47. The lowest BCUT2D eigenvalue weighted by Crippen LogP contribution is -3.13. The van der Waals surface area contributed by atoms with Gasteiger partial charge in [0.15, 0.2) is 0 Å². The molecule has 3 rings (SSSR count). The molecule has 152 valence electrons. The van der Waals surface area contributed by atoms with Crippen LogP contribution < -0.4 is 14.4 Å². The van der Waals surface area contributed by atoms with Gasteiger partial charge >= 0.3 is 0 Å². The van der Waals surface area contributed by atoms with Crippen LogP contribution in [0, 0.1) is 0 Å². The second-order valence-corrected chi connectivity index (χ2v) is 7.10. The number of rotatable bonds is 8. The fraction of sp³-hybridized carbons (Fsp3) is 0.292. The first-order chi connectivity index (χ1) is 14.2. The Hall–Kier alpha value is -3.05. The van der Waals surface area contributed by atoms with Gasteiger partial charge in [0.2, 0.25) is 5.91 Å². The Morgan fingerprint density at radius 1 is 1.07 bits per heavy atom. The first-order valence-corrected chi connectivity index (χ1v) is 9.95. The standard InChI is InChI=1S/C24H28N2O3/c1-3-18-29-23-11-4-20(5-12-23)8-13-24(27)26-16-14-25(15-17-26)19-21-6-9-22(28-2)10-7-21/h3-13H,1,14-19H2,2H3/p+1/b13-8+. The summed E-state index contributed by atoms with van der Waals surface area (Å²) < 4.78 is 10.7. The van der Waals surface area contributed by atoms with Crippen LogP contribution in [0.5, 0.6) is 11.5 Å². The van der Waals surface area contributed by atoms with Crippen LogP contribution in [-0.4, -0.2) is 50.7 Å². The number of ether oxygens (including phenoxy) is 2. The summed E-state index contributed by atoms with van der Waals surface area (Å²) in [6, 6.07) is 15.9. The molecule has 5 heteroatoms. The molecule has 1 amide bonds. The lowest BCUT2D eigenvalue weighted by Gasteiger charge is -2.31. The number of piperazine rings is 1. The van der Waals surface area contributed by atoms with Crippen molar-refractivity contribution in [2.45, 2.75) is 6.54 Å². The van der Waals surface area contributed by atoms with Crippen molar-refractivity contribution in [1.82, 2.24) is 4.90 Å². The Bertz CT molecular complexity index is 820. The first kappa shape index (κ1) is 20.7. The highest BCUT2D eigenvalue weighted by atomic mass is 16.5. The van der Waals surface area contributed by atoms with Gasteiger partial charge < -0.3 is 19.3 Å². The van der Waals surface area contributed by atoms with E-state index >= 15 is 0 Å². The number of carbonyl (C=O) groups excluding carboxylic acids is 1. The van der Waals surface area contributed by atoms with Gasteiger partial charge in [-0.25, -0.2) is 0 Å². The summed E-state index contributed by atoms with van der Waals surface area (Å²) in [5, 5.41) is 0. The van der Waals surface area contributed by atoms with Crippen LogP contribution >= 0.6 is 0 Å². The van der Waals surface area contributed by atoms with Crippen LogP contribution in [-0.2, 0) is 11.3 Å². The van der Waals surface area contributed by atoms with Gasteiger partial charge in [0.25, 0.3) is 0 Å². The topological polar surface area (TPSA) is 43.2 Å². The number of nitrogens with zero attached hydrogens (tertiary/aromatic N) is 1. The van der Waals surface area contributed by atoms with Crippen LogP contribution in [0.25, 0.3) is 6.08 Å². The van der Waals surface area contributed by atoms with E-state index in [1.165, 1.54) is 10.5 Å². The van der Waals surface area contributed by atoms with Gasteiger partial charge in [-0.2, -0.15) is 0 Å². The number of methoxy groups -OCH3 is 1. The number of hydrogen-bond acceptors (Lipinski definition) is 3. The van der Waals surface area contributed by atoms with E-state index in [9.17, 15) is 4.79 Å². The van der Waals surface area contributed by atoms with Gasteiger partial charge in [0.05, 0.1) is 33.3 Å². The summed E-state index contributed by atoms with van der Waals surface area (Å²) in [6.07, 6.45) is 5.23. The molecular weight excluding hydrogens is 364 g/mol. The molecule has 1 N–H and O–H groups in total. The first-order valence-electron chi connectivity index (χ1n) is 9.95. The second-order valence-electron chi connectivity index (χ2n) is 7.10. The number of hydrogen-bond donors (Lipinski definition) is 1. The molecule has 2 aromatic rings. The normalized spacial score (nSPS) is 14.7. The Labute approximate surface area is 172 Å². The van der Waals surface area contributed by atoms with Gasteiger partial charge in [-0.1, -0.05) is 24.8 Å². The zero-order valence-corrected chi connectivity index (χ0v) is 17.0. The average Bonchev–Trinajstić information content (AvgIpc) is 2.78. The molecule has 0 bridgehead atoms. The van der Waals surface area contributed by atoms with Crippen LogP contribution in [0.15, 0.2) is 67.3 Å². The monoisotopic (exact) mass is 393 g/mol. The minimum atomic E-state index is 0.0699. The fourth-order valence-electron chi connectivity index (χ4n) is 3.36. The van der Waals surface area contributed by atoms with Crippen molar-refractivity contribution >= 4 is 12.0 Å². The smallest absolute Gasteiger partial charge is 0.246 e. The highest BCUT2D eigenvalue weighted by Crippen LogP contribution is 2.13. The zero-order valence-electron chi connectivity index (χ0n) is 17.0. The van der Waals surface area contributed by atoms with E-state index in [0.717, 1.165) is 49.8 Å². The fourth-order valence-corrected chi connectivity index (χ4v) is 3.36. The Morgan fingerprint density at radius 3 is 2.34 bits per heavy atom. The number of quaternary nitrogens is 1. The second kappa shape index (κ2) is 10.5. The zero-order chi connectivity index (χ0) is 20.5. The molecule has 1 saturated heterocycles. The van der Waals surface area contributed by atoms with Crippen LogP contribution in [0.1, 0.15) is 11.1 Å². The summed E-state index contributed by atoms with van der Waals surface area (Å²) in [7, 11) is 1.68. The summed E-state index contributed by atoms with van der Waals surface area (Å²) in [5.74, 6) is 1.75. The number of carbonyl (C=O) groups is 1. The van der Waals surface area contributed by atoms with Gasteiger partial charge in [-0.3, -0.25) is 4.79 Å². The minimum absolute atomic E-state index is 0.0699. The number of benzene rings is 2. The third-order valence-electron chi connectivity index (χ3n) is 5.06. The van der Waals surface area contributed by atoms with E-state index < -0.39 is 0 Å². The molecule has 0 unspecified atom stereocenters. The van der Waals surface area contributed by atoms with Crippen LogP contribution in [0.2, 0.25) is 0 Å². The summed E-state index contributed by atoms with van der Waals surface area (Å²) in [4.78, 5) is 15.9. The molecule has 0 saturated carbocycles. The molecular formula is C24H29N2O3+. The number of nitrogens with one attached hydrogen (secondary N) is 1. The third kappa shape index (κ3) is 6.22. The summed E-state index contributed by atoms with van der Waals surface area (Å²) in [5.41, 5.74) is 2.27. The Balaban J connectivity index is 1.45. The summed E-state index contributed by atoms with van der Waals surface area (Å²) in [6.45, 7) is 8.57. The molecule has 29 heavy (non-hydrogen) atoms. The molecule has 1 aliphatic rings. The van der Waals surface area contributed by atoms with E-state index in [2.05, 4.69) is 18.7 Å². The van der Waals surface area contributed by atoms with Gasteiger partial charge in [-0.05, 0) is 48.0 Å². The van der Waals surface area contributed by atoms with Crippen LogP contribution in [0.3, 0.4) is 0 Å². The molecule has 1 heterocycles. The van der Waals surface area contributed by atoms with Crippen molar-refractivity contribution in [3.8, 4) is 11.5 Å². The SMILES string of the molecule is C=CCOc1ccc(/C=C/C(=O)N2CC[NH+](Cc3ccc(OC)cc3)CC2)cc1. The van der Waals surface area contributed by atoms with E-state index in [1.807, 2.05) is 47.4 Å². The number of amides is 1. The van der Waals surface area contributed by atoms with E-state index in [4.69, 9.17) is 9.47 Å². The quantitative estimate of drug-likeness (QED) is 0.552. The van der Waals surface area contributed by atoms with Crippen molar-refractivity contribution in [2.75, 3.05) is 39.9 Å². The highest BCUT2D eigenvalue weighted by Gasteiger charge is 2.22. The maximum absolute atomic E-state index is 12.5. The van der Waals surface area contributed by atoms with Crippen molar-refractivity contribution in [2.24, 2.45) is 0 Å². The van der Waals surface area contributed by atoms with E-state index in [1.54, 1.807) is 19.3 Å². The molecule has 0 spiro atoms. The van der Waals surface area contributed by atoms with Gasteiger partial charge in [0.1, 0.15) is 24.7 Å². The molecule has 0 aromatic heterocycles. The highest BCUT2D eigenvalue weighted by molar-refractivity contribution is 5.91. The predicted molar refractivity (Wildman–Crippen MR) is 115 cm³/mol. The lowest BCUT2D eigenvalue weighted by atomic mass is 10.2. The molecule has 0 radical (unpaired) electrons. The Morgan fingerprint density at radius 2 is 1.72 bits per heavy atom. The molecule has 1 aliphatic heterocycles.